The molecule has 1 aliphatic heterocycles. The minimum atomic E-state index is -0.841. The molecular weight excluding hydrogens is 346 g/mol. The third-order valence-electron chi connectivity index (χ3n) is 4.42. The van der Waals surface area contributed by atoms with Crippen LogP contribution in [0.3, 0.4) is 0 Å². The van der Waals surface area contributed by atoms with Gasteiger partial charge in [0.2, 0.25) is 0 Å². The Morgan fingerprint density at radius 3 is 2.92 bits per heavy atom. The molecule has 2 heterocycles. The summed E-state index contributed by atoms with van der Waals surface area (Å²) in [7, 11) is 1.76. The molecule has 0 spiro atoms. The van der Waals surface area contributed by atoms with Crippen LogP contribution in [0.15, 0.2) is 18.2 Å². The van der Waals surface area contributed by atoms with E-state index in [-0.39, 0.29) is 11.8 Å². The Morgan fingerprint density at radius 2 is 2.20 bits per heavy atom. The van der Waals surface area contributed by atoms with E-state index in [2.05, 4.69) is 15.0 Å². The van der Waals surface area contributed by atoms with Crippen molar-refractivity contribution in [2.75, 3.05) is 36.9 Å². The number of hydrogen-bond acceptors (Lipinski definition) is 5. The van der Waals surface area contributed by atoms with Crippen LogP contribution in [0.2, 0.25) is 0 Å². The van der Waals surface area contributed by atoms with Gasteiger partial charge < -0.3 is 15.5 Å². The summed E-state index contributed by atoms with van der Waals surface area (Å²) in [6.45, 7) is 3.81. The SMILES string of the molecule is CNc1snc(C)c1C(=O)NCC1CCN(c2ccc(F)c(F)c2)C1. The molecule has 2 N–H and O–H groups in total. The van der Waals surface area contributed by atoms with Crippen LogP contribution >= 0.6 is 11.5 Å². The van der Waals surface area contributed by atoms with Crippen molar-refractivity contribution < 1.29 is 13.6 Å². The maximum absolute atomic E-state index is 13.4. The second-order valence-corrected chi connectivity index (χ2v) is 6.90. The van der Waals surface area contributed by atoms with Crippen LogP contribution in [0.4, 0.5) is 19.5 Å². The number of benzene rings is 1. The number of carbonyl (C=O) groups excluding carboxylic acids is 1. The molecule has 1 aromatic heterocycles. The van der Waals surface area contributed by atoms with Crippen LogP contribution in [-0.2, 0) is 0 Å². The number of nitrogens with zero attached hydrogens (tertiary/aromatic N) is 2. The normalized spacial score (nSPS) is 17.0. The highest BCUT2D eigenvalue weighted by Gasteiger charge is 2.25. The fourth-order valence-electron chi connectivity index (χ4n) is 3.05. The first-order valence-corrected chi connectivity index (χ1v) is 8.89. The first-order valence-electron chi connectivity index (χ1n) is 8.11. The molecule has 0 radical (unpaired) electrons. The van der Waals surface area contributed by atoms with Crippen LogP contribution in [-0.4, -0.2) is 37.0 Å². The number of hydrogen-bond donors (Lipinski definition) is 2. The molecule has 0 saturated carbocycles. The lowest BCUT2D eigenvalue weighted by Crippen LogP contribution is -2.31. The zero-order valence-electron chi connectivity index (χ0n) is 14.1. The van der Waals surface area contributed by atoms with E-state index < -0.39 is 11.6 Å². The largest absolute Gasteiger partial charge is 0.378 e. The van der Waals surface area contributed by atoms with Crippen molar-refractivity contribution >= 4 is 28.1 Å². The molecule has 0 aliphatic carbocycles. The Hall–Kier alpha value is -2.22. The summed E-state index contributed by atoms with van der Waals surface area (Å²) < 4.78 is 30.6. The molecule has 2 aromatic rings. The fourth-order valence-corrected chi connectivity index (χ4v) is 3.79. The van der Waals surface area contributed by atoms with Crippen molar-refractivity contribution in [3.63, 3.8) is 0 Å². The van der Waals surface area contributed by atoms with Crippen LogP contribution in [0.1, 0.15) is 22.5 Å². The molecule has 1 unspecified atom stereocenters. The molecule has 1 fully saturated rings. The molecule has 1 saturated heterocycles. The molecule has 134 valence electrons. The smallest absolute Gasteiger partial charge is 0.256 e. The molecule has 1 aliphatic rings. The first-order chi connectivity index (χ1) is 12.0. The van der Waals surface area contributed by atoms with Gasteiger partial charge in [0.25, 0.3) is 5.91 Å². The van der Waals surface area contributed by atoms with Crippen molar-refractivity contribution in [2.45, 2.75) is 13.3 Å². The Balaban J connectivity index is 1.57. The van der Waals surface area contributed by atoms with Gasteiger partial charge in [0.05, 0.1) is 11.3 Å². The second-order valence-electron chi connectivity index (χ2n) is 6.13. The first kappa shape index (κ1) is 17.6. The Morgan fingerprint density at radius 1 is 1.40 bits per heavy atom. The van der Waals surface area contributed by atoms with Gasteiger partial charge in [-0.05, 0) is 42.9 Å². The summed E-state index contributed by atoms with van der Waals surface area (Å²) in [5.74, 6) is -1.55. The summed E-state index contributed by atoms with van der Waals surface area (Å²) in [4.78, 5) is 14.4. The van der Waals surface area contributed by atoms with E-state index in [1.165, 1.54) is 17.6 Å². The molecule has 0 bridgehead atoms. The molecule has 1 aromatic carbocycles. The number of halogens is 2. The standard InChI is InChI=1S/C17H20F2N4OS/c1-10-15(17(20-2)25-22-10)16(24)21-8-11-5-6-23(9-11)12-3-4-13(18)14(19)7-12/h3-4,7,11,20H,5-6,8-9H2,1-2H3,(H,21,24). The van der Waals surface area contributed by atoms with Gasteiger partial charge in [-0.25, -0.2) is 8.78 Å². The van der Waals surface area contributed by atoms with E-state index in [1.54, 1.807) is 13.1 Å². The number of amides is 1. The van der Waals surface area contributed by atoms with E-state index in [1.807, 2.05) is 11.8 Å². The number of aromatic nitrogens is 1. The van der Waals surface area contributed by atoms with Crippen LogP contribution < -0.4 is 15.5 Å². The highest BCUT2D eigenvalue weighted by Crippen LogP contribution is 2.26. The summed E-state index contributed by atoms with van der Waals surface area (Å²) in [5, 5.41) is 6.70. The zero-order valence-corrected chi connectivity index (χ0v) is 14.9. The van der Waals surface area contributed by atoms with Gasteiger partial charge in [-0.2, -0.15) is 4.37 Å². The van der Waals surface area contributed by atoms with Gasteiger partial charge in [-0.15, -0.1) is 0 Å². The highest BCUT2D eigenvalue weighted by molar-refractivity contribution is 7.10. The molecule has 1 atom stereocenters. The average molecular weight is 366 g/mol. The minimum absolute atomic E-state index is 0.137. The molecule has 1 amide bonds. The summed E-state index contributed by atoms with van der Waals surface area (Å²) >= 11 is 1.27. The second kappa shape index (κ2) is 7.35. The van der Waals surface area contributed by atoms with Gasteiger partial charge in [-0.3, -0.25) is 4.79 Å². The van der Waals surface area contributed by atoms with E-state index >= 15 is 0 Å². The third-order valence-corrected chi connectivity index (χ3v) is 5.38. The quantitative estimate of drug-likeness (QED) is 0.854. The maximum atomic E-state index is 13.4. The number of aryl methyl sites for hydroxylation is 1. The van der Waals surface area contributed by atoms with Gasteiger partial charge in [-0.1, -0.05) is 0 Å². The van der Waals surface area contributed by atoms with E-state index in [9.17, 15) is 13.6 Å². The van der Waals surface area contributed by atoms with Gasteiger partial charge in [0.1, 0.15) is 5.00 Å². The lowest BCUT2D eigenvalue weighted by Gasteiger charge is -2.19. The predicted octanol–water partition coefficient (Wildman–Crippen LogP) is 3.03. The zero-order chi connectivity index (χ0) is 18.0. The Labute approximate surface area is 149 Å². The molecular formula is C17H20F2N4OS. The van der Waals surface area contributed by atoms with Gasteiger partial charge >= 0.3 is 0 Å². The monoisotopic (exact) mass is 366 g/mol. The van der Waals surface area contributed by atoms with Crippen LogP contribution in [0, 0.1) is 24.5 Å². The van der Waals surface area contributed by atoms with E-state index in [0.29, 0.717) is 30.0 Å². The average Bonchev–Trinajstić information content (AvgIpc) is 3.21. The Bertz CT molecular complexity index is 780. The molecule has 3 rings (SSSR count). The fraction of sp³-hybridized carbons (Fsp3) is 0.412. The van der Waals surface area contributed by atoms with Crippen molar-refractivity contribution in [1.29, 1.82) is 0 Å². The number of nitrogens with one attached hydrogen (secondary N) is 2. The lowest BCUT2D eigenvalue weighted by molar-refractivity contribution is 0.0948. The van der Waals surface area contributed by atoms with E-state index in [4.69, 9.17) is 0 Å². The topological polar surface area (TPSA) is 57.3 Å². The third kappa shape index (κ3) is 3.73. The van der Waals surface area contributed by atoms with Crippen molar-refractivity contribution in [3.05, 3.63) is 41.1 Å². The number of rotatable bonds is 5. The molecule has 25 heavy (non-hydrogen) atoms. The minimum Gasteiger partial charge on any atom is -0.378 e. The summed E-state index contributed by atoms with van der Waals surface area (Å²) in [5.41, 5.74) is 1.97. The van der Waals surface area contributed by atoms with Crippen LogP contribution in [0.5, 0.6) is 0 Å². The van der Waals surface area contributed by atoms with Crippen molar-refractivity contribution in [1.82, 2.24) is 9.69 Å². The number of anilines is 2. The summed E-state index contributed by atoms with van der Waals surface area (Å²) in [6, 6.07) is 3.94. The highest BCUT2D eigenvalue weighted by atomic mass is 32.1. The van der Waals surface area contributed by atoms with Crippen molar-refractivity contribution in [3.8, 4) is 0 Å². The molecule has 8 heteroatoms. The molecule has 5 nitrogen and oxygen atoms in total. The summed E-state index contributed by atoms with van der Waals surface area (Å²) in [6.07, 6.45) is 0.888. The predicted molar refractivity (Wildman–Crippen MR) is 95.4 cm³/mol. The van der Waals surface area contributed by atoms with Crippen LogP contribution in [0.25, 0.3) is 0 Å². The van der Waals surface area contributed by atoms with Gasteiger partial charge in [0, 0.05) is 38.4 Å². The number of carbonyl (C=O) groups is 1. The van der Waals surface area contributed by atoms with E-state index in [0.717, 1.165) is 24.0 Å². The maximum Gasteiger partial charge on any atom is 0.256 e. The van der Waals surface area contributed by atoms with Crippen molar-refractivity contribution in [2.24, 2.45) is 5.92 Å². The Kier molecular flexibility index (Phi) is 5.17. The lowest BCUT2D eigenvalue weighted by atomic mass is 10.1. The van der Waals surface area contributed by atoms with Gasteiger partial charge in [0.15, 0.2) is 11.6 Å².